The zero-order valence-electron chi connectivity index (χ0n) is 19.6. The molecule has 0 bridgehead atoms. The van der Waals surface area contributed by atoms with Crippen LogP contribution in [0.15, 0.2) is 66.7 Å². The van der Waals surface area contributed by atoms with Gasteiger partial charge in [-0.2, -0.15) is 0 Å². The molecule has 8 nitrogen and oxygen atoms in total. The van der Waals surface area contributed by atoms with Gasteiger partial charge >= 0.3 is 11.9 Å². The zero-order valence-corrected chi connectivity index (χ0v) is 19.6. The summed E-state index contributed by atoms with van der Waals surface area (Å²) in [7, 11) is 6.38. The zero-order chi connectivity index (χ0) is 24.7. The summed E-state index contributed by atoms with van der Waals surface area (Å²) in [6.07, 6.45) is 0. The Hall–Kier alpha value is -4.04. The predicted molar refractivity (Wildman–Crippen MR) is 130 cm³/mol. The molecule has 0 spiro atoms. The number of carbonyl (C=O) groups excluding carboxylic acids is 2. The third-order valence-electron chi connectivity index (χ3n) is 5.09. The van der Waals surface area contributed by atoms with E-state index in [1.807, 2.05) is 49.3 Å². The predicted octanol–water partition coefficient (Wildman–Crippen LogP) is 4.38. The number of para-hydroxylation sites is 1. The Bertz CT molecular complexity index is 1150. The Kier molecular flexibility index (Phi) is 8.10. The second-order valence-electron chi connectivity index (χ2n) is 7.66. The normalized spacial score (nSPS) is 10.6. The first-order valence-electron chi connectivity index (χ1n) is 10.6. The largest absolute Gasteiger partial charge is 0.506 e. The Labute approximate surface area is 198 Å². The van der Waals surface area contributed by atoms with Gasteiger partial charge in [0, 0.05) is 18.3 Å². The molecular formula is C26H28N2O6. The first-order valence-corrected chi connectivity index (χ1v) is 10.6. The van der Waals surface area contributed by atoms with Gasteiger partial charge in [0.1, 0.15) is 18.1 Å². The number of phenolic OH excluding ortho intramolecular Hbond substituents is 1. The fourth-order valence-corrected chi connectivity index (χ4v) is 3.43. The van der Waals surface area contributed by atoms with Gasteiger partial charge in [0.15, 0.2) is 0 Å². The van der Waals surface area contributed by atoms with Crippen LogP contribution in [-0.2, 0) is 9.47 Å². The maximum absolute atomic E-state index is 12.9. The molecule has 0 saturated carbocycles. The first kappa shape index (κ1) is 24.6. The molecular weight excluding hydrogens is 436 g/mol. The van der Waals surface area contributed by atoms with E-state index in [4.69, 9.17) is 14.2 Å². The number of anilines is 3. The van der Waals surface area contributed by atoms with Gasteiger partial charge in [-0.25, -0.2) is 9.59 Å². The highest BCUT2D eigenvalue weighted by Gasteiger charge is 2.28. The standard InChI is InChI=1S/C26H28N2O6/c1-27(2)15-16-34-19-13-14-23(29)22(17-19)28(18-9-6-5-7-10-18)21-12-8-11-20(25(30)32-3)24(21)26(31)33-4/h5-14,17,29H,15-16H2,1-4H3. The summed E-state index contributed by atoms with van der Waals surface area (Å²) in [5, 5.41) is 10.8. The lowest BCUT2D eigenvalue weighted by molar-refractivity contribution is 0.0556. The summed E-state index contributed by atoms with van der Waals surface area (Å²) in [5.74, 6) is -0.891. The van der Waals surface area contributed by atoms with Crippen LogP contribution in [0.4, 0.5) is 17.1 Å². The van der Waals surface area contributed by atoms with Crippen molar-refractivity contribution in [3.63, 3.8) is 0 Å². The molecule has 0 aliphatic rings. The van der Waals surface area contributed by atoms with Gasteiger partial charge in [0.2, 0.25) is 0 Å². The number of likely N-dealkylation sites (N-methyl/N-ethyl adjacent to an activating group) is 1. The quantitative estimate of drug-likeness (QED) is 0.467. The van der Waals surface area contributed by atoms with Crippen LogP contribution in [0.2, 0.25) is 0 Å². The molecule has 0 radical (unpaired) electrons. The summed E-state index contributed by atoms with van der Waals surface area (Å²) in [6.45, 7) is 1.17. The van der Waals surface area contributed by atoms with Crippen molar-refractivity contribution in [3.8, 4) is 11.5 Å². The summed E-state index contributed by atoms with van der Waals surface area (Å²) < 4.78 is 15.8. The van der Waals surface area contributed by atoms with E-state index >= 15 is 0 Å². The number of hydrogen-bond donors (Lipinski definition) is 1. The van der Waals surface area contributed by atoms with E-state index < -0.39 is 11.9 Å². The van der Waals surface area contributed by atoms with Gasteiger partial charge in [0.05, 0.1) is 36.7 Å². The highest BCUT2D eigenvalue weighted by molar-refractivity contribution is 6.08. The highest BCUT2D eigenvalue weighted by atomic mass is 16.5. The molecule has 3 aromatic rings. The Morgan fingerprint density at radius 2 is 1.56 bits per heavy atom. The average Bonchev–Trinajstić information content (AvgIpc) is 2.85. The van der Waals surface area contributed by atoms with Gasteiger partial charge in [-0.15, -0.1) is 0 Å². The molecule has 0 aliphatic heterocycles. The van der Waals surface area contributed by atoms with Crippen LogP contribution in [-0.4, -0.2) is 63.4 Å². The molecule has 34 heavy (non-hydrogen) atoms. The number of nitrogens with zero attached hydrogens (tertiary/aromatic N) is 2. The minimum absolute atomic E-state index is 0.0130. The first-order chi connectivity index (χ1) is 16.4. The molecule has 0 aliphatic carbocycles. The van der Waals surface area contributed by atoms with E-state index in [0.717, 1.165) is 0 Å². The van der Waals surface area contributed by atoms with Crippen molar-refractivity contribution < 1.29 is 28.9 Å². The lowest BCUT2D eigenvalue weighted by Gasteiger charge is -2.28. The molecule has 178 valence electrons. The van der Waals surface area contributed by atoms with E-state index in [1.54, 1.807) is 29.2 Å². The summed E-state index contributed by atoms with van der Waals surface area (Å²) in [5.41, 5.74) is 1.41. The van der Waals surface area contributed by atoms with E-state index in [-0.39, 0.29) is 16.9 Å². The van der Waals surface area contributed by atoms with Crippen LogP contribution in [0, 0.1) is 0 Å². The Morgan fingerprint density at radius 3 is 2.21 bits per heavy atom. The topological polar surface area (TPSA) is 88.5 Å². The van der Waals surface area contributed by atoms with Gasteiger partial charge in [-0.05, 0) is 50.5 Å². The van der Waals surface area contributed by atoms with Crippen LogP contribution >= 0.6 is 0 Å². The van der Waals surface area contributed by atoms with Crippen molar-refractivity contribution >= 4 is 29.0 Å². The Morgan fingerprint density at radius 1 is 0.853 bits per heavy atom. The molecule has 1 N–H and O–H groups in total. The molecule has 0 aromatic heterocycles. The SMILES string of the molecule is COC(=O)c1cccc(N(c2ccccc2)c2cc(OCCN(C)C)ccc2O)c1C(=O)OC. The molecule has 3 aromatic carbocycles. The molecule has 0 heterocycles. The Balaban J connectivity index is 2.23. The van der Waals surface area contributed by atoms with Crippen LogP contribution < -0.4 is 9.64 Å². The van der Waals surface area contributed by atoms with Crippen molar-refractivity contribution in [1.82, 2.24) is 4.90 Å². The number of hydrogen-bond acceptors (Lipinski definition) is 8. The molecule has 0 fully saturated rings. The summed E-state index contributed by atoms with van der Waals surface area (Å²) in [4.78, 5) is 29.0. The maximum Gasteiger partial charge on any atom is 0.340 e. The number of methoxy groups -OCH3 is 2. The van der Waals surface area contributed by atoms with Crippen LogP contribution in [0.3, 0.4) is 0 Å². The lowest BCUT2D eigenvalue weighted by atomic mass is 10.0. The number of rotatable bonds is 9. The summed E-state index contributed by atoms with van der Waals surface area (Å²) >= 11 is 0. The van der Waals surface area contributed by atoms with E-state index in [1.165, 1.54) is 26.4 Å². The minimum Gasteiger partial charge on any atom is -0.506 e. The third kappa shape index (κ3) is 5.47. The van der Waals surface area contributed by atoms with Crippen LogP contribution in [0.5, 0.6) is 11.5 Å². The number of carbonyl (C=O) groups is 2. The fourth-order valence-electron chi connectivity index (χ4n) is 3.43. The molecule has 3 rings (SSSR count). The molecule has 8 heteroatoms. The van der Waals surface area contributed by atoms with E-state index in [9.17, 15) is 14.7 Å². The van der Waals surface area contributed by atoms with Crippen molar-refractivity contribution in [1.29, 1.82) is 0 Å². The summed E-state index contributed by atoms with van der Waals surface area (Å²) in [6, 6.07) is 18.8. The number of ether oxygens (including phenoxy) is 3. The van der Waals surface area contributed by atoms with Crippen LogP contribution in [0.1, 0.15) is 20.7 Å². The number of benzene rings is 3. The van der Waals surface area contributed by atoms with E-state index in [0.29, 0.717) is 36.0 Å². The van der Waals surface area contributed by atoms with Crippen molar-refractivity contribution in [2.75, 3.05) is 46.4 Å². The van der Waals surface area contributed by atoms with Crippen molar-refractivity contribution in [2.45, 2.75) is 0 Å². The number of phenols is 1. The third-order valence-corrected chi connectivity index (χ3v) is 5.09. The van der Waals surface area contributed by atoms with Gasteiger partial charge in [-0.3, -0.25) is 0 Å². The highest BCUT2D eigenvalue weighted by Crippen LogP contribution is 2.43. The molecule has 0 saturated heterocycles. The van der Waals surface area contributed by atoms with Crippen molar-refractivity contribution in [2.24, 2.45) is 0 Å². The number of aromatic hydroxyl groups is 1. The second-order valence-corrected chi connectivity index (χ2v) is 7.66. The monoisotopic (exact) mass is 464 g/mol. The van der Waals surface area contributed by atoms with Gasteiger partial charge < -0.3 is 29.1 Å². The smallest absolute Gasteiger partial charge is 0.340 e. The second kappa shape index (κ2) is 11.2. The van der Waals surface area contributed by atoms with Crippen molar-refractivity contribution in [3.05, 3.63) is 77.9 Å². The molecule has 0 atom stereocenters. The average molecular weight is 465 g/mol. The van der Waals surface area contributed by atoms with Gasteiger partial charge in [-0.1, -0.05) is 24.3 Å². The number of esters is 2. The maximum atomic E-state index is 12.9. The molecule has 0 amide bonds. The minimum atomic E-state index is -0.713. The molecule has 0 unspecified atom stereocenters. The van der Waals surface area contributed by atoms with Crippen LogP contribution in [0.25, 0.3) is 0 Å². The lowest BCUT2D eigenvalue weighted by Crippen LogP contribution is -2.20. The fraction of sp³-hybridized carbons (Fsp3) is 0.231. The van der Waals surface area contributed by atoms with E-state index in [2.05, 4.69) is 0 Å². The van der Waals surface area contributed by atoms with Gasteiger partial charge in [0.25, 0.3) is 0 Å².